The van der Waals surface area contributed by atoms with Crippen molar-refractivity contribution in [2.24, 2.45) is 0 Å². The highest BCUT2D eigenvalue weighted by Gasteiger charge is 2.22. The number of anilines is 2. The van der Waals surface area contributed by atoms with Gasteiger partial charge in [-0.05, 0) is 43.5 Å². The number of amides is 1. The summed E-state index contributed by atoms with van der Waals surface area (Å²) in [5.41, 5.74) is 5.50. The second-order valence-corrected chi connectivity index (χ2v) is 8.48. The van der Waals surface area contributed by atoms with Crippen LogP contribution in [0.25, 0.3) is 10.2 Å². The van der Waals surface area contributed by atoms with Gasteiger partial charge in [-0.2, -0.15) is 0 Å². The molecule has 1 saturated heterocycles. The zero-order chi connectivity index (χ0) is 19.7. The number of benzene rings is 2. The maximum Gasteiger partial charge on any atom is 0.238 e. The van der Waals surface area contributed by atoms with E-state index in [1.54, 1.807) is 11.3 Å². The maximum atomic E-state index is 12.5. The van der Waals surface area contributed by atoms with E-state index in [2.05, 4.69) is 40.2 Å². The number of carbonyl (C=O) groups is 1. The first-order chi connectivity index (χ1) is 13.5. The number of hydrogen-bond acceptors (Lipinski definition) is 5. The molecule has 2 heterocycles. The van der Waals surface area contributed by atoms with Crippen molar-refractivity contribution in [1.29, 1.82) is 0 Å². The van der Waals surface area contributed by atoms with Gasteiger partial charge in [0.2, 0.25) is 5.91 Å². The van der Waals surface area contributed by atoms with Gasteiger partial charge in [0.15, 0.2) is 5.13 Å². The van der Waals surface area contributed by atoms with E-state index in [1.165, 1.54) is 10.3 Å². The van der Waals surface area contributed by atoms with Crippen LogP contribution in [0.4, 0.5) is 10.8 Å². The molecule has 146 valence electrons. The van der Waals surface area contributed by atoms with Crippen molar-refractivity contribution in [2.75, 3.05) is 42.9 Å². The van der Waals surface area contributed by atoms with Crippen molar-refractivity contribution >= 4 is 38.3 Å². The number of rotatable bonds is 4. The Bertz CT molecular complexity index is 985. The van der Waals surface area contributed by atoms with Gasteiger partial charge in [0.1, 0.15) is 0 Å². The molecule has 1 N–H and O–H groups in total. The Morgan fingerprint density at radius 1 is 1.00 bits per heavy atom. The summed E-state index contributed by atoms with van der Waals surface area (Å²) in [6.07, 6.45) is 0. The average molecular weight is 395 g/mol. The number of aromatic nitrogens is 1. The highest BCUT2D eigenvalue weighted by Crippen LogP contribution is 2.31. The Hall–Kier alpha value is -2.44. The highest BCUT2D eigenvalue weighted by molar-refractivity contribution is 7.22. The van der Waals surface area contributed by atoms with Crippen molar-refractivity contribution in [3.8, 4) is 0 Å². The van der Waals surface area contributed by atoms with Crippen LogP contribution in [-0.4, -0.2) is 48.5 Å². The zero-order valence-corrected chi connectivity index (χ0v) is 17.5. The Morgan fingerprint density at radius 3 is 2.32 bits per heavy atom. The minimum Gasteiger partial charge on any atom is -0.345 e. The Morgan fingerprint density at radius 2 is 1.64 bits per heavy atom. The lowest BCUT2D eigenvalue weighted by Crippen LogP contribution is -2.48. The van der Waals surface area contributed by atoms with Gasteiger partial charge in [-0.15, -0.1) is 0 Å². The number of para-hydroxylation sites is 1. The summed E-state index contributed by atoms with van der Waals surface area (Å²) < 4.78 is 1.27. The first-order valence-corrected chi connectivity index (χ1v) is 10.5. The third-order valence-electron chi connectivity index (χ3n) is 5.36. The van der Waals surface area contributed by atoms with Crippen LogP contribution < -0.4 is 10.2 Å². The molecule has 0 saturated carbocycles. The van der Waals surface area contributed by atoms with E-state index in [0.717, 1.165) is 53.6 Å². The van der Waals surface area contributed by atoms with Crippen LogP contribution in [0.1, 0.15) is 16.7 Å². The molecule has 28 heavy (non-hydrogen) atoms. The van der Waals surface area contributed by atoms with Gasteiger partial charge in [0.05, 0.1) is 16.8 Å². The minimum absolute atomic E-state index is 0.0569. The monoisotopic (exact) mass is 394 g/mol. The summed E-state index contributed by atoms with van der Waals surface area (Å²) in [6.45, 7) is 10.2. The number of hydrogen-bond donors (Lipinski definition) is 1. The van der Waals surface area contributed by atoms with Crippen LogP contribution in [0, 0.1) is 20.8 Å². The van der Waals surface area contributed by atoms with Crippen molar-refractivity contribution in [3.63, 3.8) is 0 Å². The number of piperazine rings is 1. The second kappa shape index (κ2) is 7.89. The average Bonchev–Trinajstić information content (AvgIpc) is 3.11. The molecule has 2 aromatic carbocycles. The highest BCUT2D eigenvalue weighted by atomic mass is 32.1. The topological polar surface area (TPSA) is 48.5 Å². The van der Waals surface area contributed by atoms with Gasteiger partial charge >= 0.3 is 0 Å². The SMILES string of the molecule is Cc1cccc(C)c1NC(=O)CN1CCN(c2nc3cccc(C)c3s2)CC1. The van der Waals surface area contributed by atoms with Gasteiger partial charge in [-0.25, -0.2) is 4.98 Å². The van der Waals surface area contributed by atoms with E-state index in [4.69, 9.17) is 4.98 Å². The first kappa shape index (κ1) is 18.9. The van der Waals surface area contributed by atoms with Crippen LogP contribution in [0.3, 0.4) is 0 Å². The van der Waals surface area contributed by atoms with Gasteiger partial charge < -0.3 is 10.2 Å². The number of nitrogens with one attached hydrogen (secondary N) is 1. The Balaban J connectivity index is 1.35. The van der Waals surface area contributed by atoms with E-state index >= 15 is 0 Å². The molecular formula is C22H26N4OS. The van der Waals surface area contributed by atoms with Crippen LogP contribution in [-0.2, 0) is 4.79 Å². The molecule has 4 rings (SSSR count). The van der Waals surface area contributed by atoms with Gasteiger partial charge in [-0.1, -0.05) is 41.7 Å². The van der Waals surface area contributed by atoms with Crippen molar-refractivity contribution < 1.29 is 4.79 Å². The zero-order valence-electron chi connectivity index (χ0n) is 16.7. The molecule has 1 aromatic heterocycles. The fraction of sp³-hybridized carbons (Fsp3) is 0.364. The number of fused-ring (bicyclic) bond motifs is 1. The van der Waals surface area contributed by atoms with E-state index in [9.17, 15) is 4.79 Å². The molecular weight excluding hydrogens is 368 g/mol. The summed E-state index contributed by atoms with van der Waals surface area (Å²) in [5.74, 6) is 0.0569. The maximum absolute atomic E-state index is 12.5. The van der Waals surface area contributed by atoms with E-state index in [0.29, 0.717) is 6.54 Å². The summed E-state index contributed by atoms with van der Waals surface area (Å²) in [6, 6.07) is 12.4. The van der Waals surface area contributed by atoms with Gasteiger partial charge in [0.25, 0.3) is 0 Å². The Kier molecular flexibility index (Phi) is 5.33. The molecule has 0 unspecified atom stereocenters. The van der Waals surface area contributed by atoms with E-state index < -0.39 is 0 Å². The Labute approximate surface area is 170 Å². The molecule has 3 aromatic rings. The van der Waals surface area contributed by atoms with Crippen molar-refractivity contribution in [3.05, 3.63) is 53.1 Å². The molecule has 1 amide bonds. The lowest BCUT2D eigenvalue weighted by atomic mass is 10.1. The van der Waals surface area contributed by atoms with Crippen LogP contribution in [0.15, 0.2) is 36.4 Å². The van der Waals surface area contributed by atoms with Crippen LogP contribution >= 0.6 is 11.3 Å². The molecule has 0 radical (unpaired) electrons. The molecule has 0 aliphatic carbocycles. The number of nitrogens with zero attached hydrogens (tertiary/aromatic N) is 3. The van der Waals surface area contributed by atoms with Gasteiger partial charge in [0, 0.05) is 31.9 Å². The number of carbonyl (C=O) groups excluding carboxylic acids is 1. The summed E-state index contributed by atoms with van der Waals surface area (Å²) in [5, 5.41) is 4.18. The molecule has 0 atom stereocenters. The minimum atomic E-state index is 0.0569. The van der Waals surface area contributed by atoms with Crippen molar-refractivity contribution in [1.82, 2.24) is 9.88 Å². The largest absolute Gasteiger partial charge is 0.345 e. The lowest BCUT2D eigenvalue weighted by Gasteiger charge is -2.34. The fourth-order valence-corrected chi connectivity index (χ4v) is 4.79. The second-order valence-electron chi connectivity index (χ2n) is 7.50. The number of thiazole rings is 1. The van der Waals surface area contributed by atoms with Crippen molar-refractivity contribution in [2.45, 2.75) is 20.8 Å². The summed E-state index contributed by atoms with van der Waals surface area (Å²) >= 11 is 1.77. The lowest BCUT2D eigenvalue weighted by molar-refractivity contribution is -0.117. The molecule has 6 heteroatoms. The normalized spacial score (nSPS) is 15.2. The summed E-state index contributed by atoms with van der Waals surface area (Å²) in [4.78, 5) is 21.9. The molecule has 0 spiro atoms. The molecule has 1 aliphatic rings. The molecule has 5 nitrogen and oxygen atoms in total. The van der Waals surface area contributed by atoms with Gasteiger partial charge in [-0.3, -0.25) is 9.69 Å². The predicted octanol–water partition coefficient (Wildman–Crippen LogP) is 3.98. The smallest absolute Gasteiger partial charge is 0.238 e. The van der Waals surface area contributed by atoms with Crippen LogP contribution in [0.5, 0.6) is 0 Å². The summed E-state index contributed by atoms with van der Waals surface area (Å²) in [7, 11) is 0. The third-order valence-corrected chi connectivity index (χ3v) is 6.62. The standard InChI is InChI=1S/C22H26N4OS/c1-15-6-4-7-16(2)20(15)24-19(27)14-25-10-12-26(13-11-25)22-23-18-9-5-8-17(3)21(18)28-22/h4-9H,10-14H2,1-3H3,(H,24,27). The van der Waals surface area contributed by atoms with E-state index in [1.807, 2.05) is 32.0 Å². The first-order valence-electron chi connectivity index (χ1n) is 9.71. The van der Waals surface area contributed by atoms with Crippen LogP contribution in [0.2, 0.25) is 0 Å². The predicted molar refractivity (Wildman–Crippen MR) is 118 cm³/mol. The molecule has 1 aliphatic heterocycles. The fourth-order valence-electron chi connectivity index (χ4n) is 3.70. The number of aryl methyl sites for hydroxylation is 3. The van der Waals surface area contributed by atoms with E-state index in [-0.39, 0.29) is 5.91 Å². The quantitative estimate of drug-likeness (QED) is 0.727. The third kappa shape index (κ3) is 3.88. The molecule has 0 bridgehead atoms. The molecule has 1 fully saturated rings.